The summed E-state index contributed by atoms with van der Waals surface area (Å²) in [7, 11) is 0. The normalized spacial score (nSPS) is 10.4. The number of nitriles is 1. The fourth-order valence-electron chi connectivity index (χ4n) is 1.63. The molecule has 0 spiro atoms. The SMILES string of the molecule is CCOC(=O)c1oc(-c2ccc(C#N)cc2)nc1C(F)F. The average Bonchev–Trinajstić information content (AvgIpc) is 2.93. The quantitative estimate of drug-likeness (QED) is 0.808. The smallest absolute Gasteiger partial charge is 0.376 e. The second-order valence-corrected chi connectivity index (χ2v) is 3.94. The minimum absolute atomic E-state index is 0.0361. The van der Waals surface area contributed by atoms with Gasteiger partial charge in [0, 0.05) is 5.56 Å². The van der Waals surface area contributed by atoms with Gasteiger partial charge in [-0.05, 0) is 31.2 Å². The summed E-state index contributed by atoms with van der Waals surface area (Å²) in [6.07, 6.45) is -2.96. The van der Waals surface area contributed by atoms with Crippen LogP contribution in [0.3, 0.4) is 0 Å². The first-order valence-electron chi connectivity index (χ1n) is 6.03. The first kappa shape index (κ1) is 14.7. The number of hydrogen-bond donors (Lipinski definition) is 0. The van der Waals surface area contributed by atoms with Crippen LogP contribution in [0.15, 0.2) is 28.7 Å². The molecule has 0 radical (unpaired) electrons. The van der Waals surface area contributed by atoms with Crippen molar-refractivity contribution < 1.29 is 22.7 Å². The second kappa shape index (κ2) is 6.13. The van der Waals surface area contributed by atoms with Gasteiger partial charge in [0.2, 0.25) is 11.7 Å². The number of oxazole rings is 1. The Hall–Kier alpha value is -2.75. The largest absolute Gasteiger partial charge is 0.460 e. The predicted octanol–water partition coefficient (Wildman–Crippen LogP) is 3.33. The number of ether oxygens (including phenoxy) is 1. The van der Waals surface area contributed by atoms with Crippen molar-refractivity contribution >= 4 is 5.97 Å². The summed E-state index contributed by atoms with van der Waals surface area (Å²) >= 11 is 0. The van der Waals surface area contributed by atoms with Crippen molar-refractivity contribution in [2.75, 3.05) is 6.61 Å². The van der Waals surface area contributed by atoms with Crippen LogP contribution in [0.1, 0.15) is 35.2 Å². The van der Waals surface area contributed by atoms with Gasteiger partial charge in [-0.3, -0.25) is 0 Å². The number of rotatable bonds is 4. The zero-order valence-corrected chi connectivity index (χ0v) is 11.0. The van der Waals surface area contributed by atoms with Crippen LogP contribution in [0.25, 0.3) is 11.5 Å². The Kier molecular flexibility index (Phi) is 4.28. The number of carbonyl (C=O) groups is 1. The number of aromatic nitrogens is 1. The van der Waals surface area contributed by atoms with Gasteiger partial charge in [-0.2, -0.15) is 5.26 Å². The molecular formula is C14H10F2N2O3. The molecule has 0 fully saturated rings. The Balaban J connectivity index is 2.43. The summed E-state index contributed by atoms with van der Waals surface area (Å²) in [5.41, 5.74) is 0.0317. The van der Waals surface area contributed by atoms with Crippen molar-refractivity contribution in [3.8, 4) is 17.5 Å². The lowest BCUT2D eigenvalue weighted by Gasteiger charge is -1.99. The van der Waals surface area contributed by atoms with Crippen molar-refractivity contribution in [2.24, 2.45) is 0 Å². The molecule has 2 aromatic rings. The molecule has 0 aliphatic heterocycles. The average molecular weight is 292 g/mol. The molecule has 0 bridgehead atoms. The third kappa shape index (κ3) is 3.05. The van der Waals surface area contributed by atoms with Gasteiger partial charge in [0.05, 0.1) is 18.2 Å². The lowest BCUT2D eigenvalue weighted by atomic mass is 10.1. The molecule has 0 atom stereocenters. The van der Waals surface area contributed by atoms with Crippen molar-refractivity contribution in [1.29, 1.82) is 5.26 Å². The Morgan fingerprint density at radius 1 is 1.43 bits per heavy atom. The van der Waals surface area contributed by atoms with Crippen LogP contribution in [0.4, 0.5) is 8.78 Å². The van der Waals surface area contributed by atoms with Gasteiger partial charge in [0.25, 0.3) is 6.43 Å². The third-order valence-electron chi connectivity index (χ3n) is 2.58. The van der Waals surface area contributed by atoms with Gasteiger partial charge in [0.1, 0.15) is 0 Å². The fraction of sp³-hybridized carbons (Fsp3) is 0.214. The zero-order chi connectivity index (χ0) is 15.4. The highest BCUT2D eigenvalue weighted by molar-refractivity contribution is 5.88. The number of nitrogens with zero attached hydrogens (tertiary/aromatic N) is 2. The van der Waals surface area contributed by atoms with E-state index in [1.165, 1.54) is 24.3 Å². The lowest BCUT2D eigenvalue weighted by molar-refractivity contribution is 0.0476. The first-order chi connectivity index (χ1) is 10.1. The van der Waals surface area contributed by atoms with Crippen molar-refractivity contribution in [2.45, 2.75) is 13.3 Å². The van der Waals surface area contributed by atoms with E-state index >= 15 is 0 Å². The Bertz CT molecular complexity index is 687. The molecule has 0 N–H and O–H groups in total. The summed E-state index contributed by atoms with van der Waals surface area (Å²) in [6.45, 7) is 1.59. The van der Waals surface area contributed by atoms with Crippen LogP contribution in [-0.2, 0) is 4.74 Å². The summed E-state index contributed by atoms with van der Waals surface area (Å²) in [6, 6.07) is 7.90. The Morgan fingerprint density at radius 3 is 2.62 bits per heavy atom. The maximum atomic E-state index is 12.9. The van der Waals surface area contributed by atoms with Crippen LogP contribution in [0, 0.1) is 11.3 Å². The minimum Gasteiger partial charge on any atom is -0.460 e. The van der Waals surface area contributed by atoms with Gasteiger partial charge in [-0.25, -0.2) is 18.6 Å². The summed E-state index contributed by atoms with van der Waals surface area (Å²) in [4.78, 5) is 15.2. The van der Waals surface area contributed by atoms with E-state index in [0.29, 0.717) is 11.1 Å². The standard InChI is InChI=1S/C14H10F2N2O3/c1-2-20-14(19)11-10(12(15)16)18-13(21-11)9-5-3-8(7-17)4-6-9/h3-6,12H,2H2,1H3. The molecule has 1 heterocycles. The van der Waals surface area contributed by atoms with Gasteiger partial charge in [-0.15, -0.1) is 0 Å². The van der Waals surface area contributed by atoms with E-state index in [0.717, 1.165) is 0 Å². The molecule has 0 unspecified atom stereocenters. The highest BCUT2D eigenvalue weighted by Gasteiger charge is 2.28. The fourth-order valence-corrected chi connectivity index (χ4v) is 1.63. The van der Waals surface area contributed by atoms with E-state index < -0.39 is 23.8 Å². The molecule has 0 saturated carbocycles. The van der Waals surface area contributed by atoms with Crippen LogP contribution in [0.5, 0.6) is 0 Å². The molecule has 0 aliphatic rings. The molecular weight excluding hydrogens is 282 g/mol. The third-order valence-corrected chi connectivity index (χ3v) is 2.58. The molecule has 21 heavy (non-hydrogen) atoms. The van der Waals surface area contributed by atoms with E-state index in [4.69, 9.17) is 9.68 Å². The zero-order valence-electron chi connectivity index (χ0n) is 11.0. The summed E-state index contributed by atoms with van der Waals surface area (Å²) in [5, 5.41) is 8.70. The molecule has 1 aromatic heterocycles. The number of alkyl halides is 2. The molecule has 0 aliphatic carbocycles. The molecule has 108 valence electrons. The van der Waals surface area contributed by atoms with Gasteiger partial charge in [-0.1, -0.05) is 0 Å². The molecule has 1 aromatic carbocycles. The first-order valence-corrected chi connectivity index (χ1v) is 6.03. The van der Waals surface area contributed by atoms with E-state index in [-0.39, 0.29) is 12.5 Å². The van der Waals surface area contributed by atoms with Gasteiger partial charge >= 0.3 is 5.97 Å². The summed E-state index contributed by atoms with van der Waals surface area (Å²) < 4.78 is 35.6. The number of carbonyl (C=O) groups excluding carboxylic acids is 1. The van der Waals surface area contributed by atoms with Crippen molar-refractivity contribution in [3.63, 3.8) is 0 Å². The van der Waals surface area contributed by atoms with Crippen LogP contribution in [0.2, 0.25) is 0 Å². The molecule has 5 nitrogen and oxygen atoms in total. The van der Waals surface area contributed by atoms with Crippen molar-refractivity contribution in [3.05, 3.63) is 41.3 Å². The summed E-state index contributed by atoms with van der Waals surface area (Å²) in [5.74, 6) is -1.72. The molecule has 7 heteroatoms. The number of hydrogen-bond acceptors (Lipinski definition) is 5. The van der Waals surface area contributed by atoms with Gasteiger partial charge < -0.3 is 9.15 Å². The maximum absolute atomic E-state index is 12.9. The van der Waals surface area contributed by atoms with Crippen molar-refractivity contribution in [1.82, 2.24) is 4.98 Å². The monoisotopic (exact) mass is 292 g/mol. The Labute approximate surface area is 118 Å². The van der Waals surface area contributed by atoms with E-state index in [9.17, 15) is 13.6 Å². The lowest BCUT2D eigenvalue weighted by Crippen LogP contribution is -2.06. The van der Waals surface area contributed by atoms with Crippen LogP contribution < -0.4 is 0 Å². The van der Waals surface area contributed by atoms with Crippen LogP contribution >= 0.6 is 0 Å². The highest BCUT2D eigenvalue weighted by atomic mass is 19.3. The number of esters is 1. The predicted molar refractivity (Wildman–Crippen MR) is 67.6 cm³/mol. The van der Waals surface area contributed by atoms with E-state index in [1.807, 2.05) is 6.07 Å². The molecule has 0 saturated heterocycles. The molecule has 2 rings (SSSR count). The number of halogens is 2. The highest BCUT2D eigenvalue weighted by Crippen LogP contribution is 2.29. The van der Waals surface area contributed by atoms with E-state index in [1.54, 1.807) is 6.92 Å². The second-order valence-electron chi connectivity index (χ2n) is 3.94. The van der Waals surface area contributed by atoms with Gasteiger partial charge in [0.15, 0.2) is 5.69 Å². The minimum atomic E-state index is -2.96. The maximum Gasteiger partial charge on any atom is 0.376 e. The molecule has 0 amide bonds. The van der Waals surface area contributed by atoms with E-state index in [2.05, 4.69) is 9.72 Å². The number of benzene rings is 1. The Morgan fingerprint density at radius 2 is 2.10 bits per heavy atom. The topological polar surface area (TPSA) is 76.1 Å². The van der Waals surface area contributed by atoms with Crippen LogP contribution in [-0.4, -0.2) is 17.6 Å².